The first kappa shape index (κ1) is 22.9. The molecular formula is C24H26N2O6. The van der Waals surface area contributed by atoms with Gasteiger partial charge in [-0.3, -0.25) is 9.78 Å². The number of carbonyl (C=O) groups is 2. The molecule has 2 aromatic carbocycles. The van der Waals surface area contributed by atoms with Gasteiger partial charge in [0.1, 0.15) is 0 Å². The lowest BCUT2D eigenvalue weighted by Crippen LogP contribution is -2.22. The average Bonchev–Trinajstić information content (AvgIpc) is 2.81. The molecule has 3 aromatic rings. The van der Waals surface area contributed by atoms with E-state index in [0.717, 1.165) is 11.3 Å². The Kier molecular flexibility index (Phi) is 7.14. The maximum Gasteiger partial charge on any atom is 0.339 e. The monoisotopic (exact) mass is 438 g/mol. The van der Waals surface area contributed by atoms with Gasteiger partial charge in [-0.2, -0.15) is 0 Å². The number of ether oxygens (including phenoxy) is 4. The van der Waals surface area contributed by atoms with Crippen LogP contribution < -0.4 is 19.5 Å². The fourth-order valence-electron chi connectivity index (χ4n) is 3.52. The van der Waals surface area contributed by atoms with E-state index in [4.69, 9.17) is 18.9 Å². The number of amides is 1. The Balaban J connectivity index is 1.78. The van der Waals surface area contributed by atoms with Gasteiger partial charge in [0.15, 0.2) is 18.1 Å². The van der Waals surface area contributed by atoms with Crippen LogP contribution in [0.3, 0.4) is 0 Å². The van der Waals surface area contributed by atoms with Crippen molar-refractivity contribution in [2.24, 2.45) is 0 Å². The molecule has 0 bridgehead atoms. The Morgan fingerprint density at radius 2 is 1.66 bits per heavy atom. The second-order valence-corrected chi connectivity index (χ2v) is 6.97. The van der Waals surface area contributed by atoms with E-state index in [1.807, 2.05) is 38.1 Å². The predicted molar refractivity (Wildman–Crippen MR) is 121 cm³/mol. The molecule has 0 saturated carbocycles. The van der Waals surface area contributed by atoms with E-state index >= 15 is 0 Å². The summed E-state index contributed by atoms with van der Waals surface area (Å²) in [6, 6.07) is 10.6. The van der Waals surface area contributed by atoms with Crippen LogP contribution in [0.2, 0.25) is 0 Å². The summed E-state index contributed by atoms with van der Waals surface area (Å²) in [6.07, 6.45) is 0.679. The van der Waals surface area contributed by atoms with Crippen LogP contribution in [0.5, 0.6) is 17.2 Å². The van der Waals surface area contributed by atoms with Crippen molar-refractivity contribution in [3.8, 4) is 17.2 Å². The van der Waals surface area contributed by atoms with Crippen molar-refractivity contribution in [2.45, 2.75) is 20.3 Å². The maximum atomic E-state index is 12.9. The first-order chi connectivity index (χ1) is 15.4. The molecule has 8 nitrogen and oxygen atoms in total. The number of aromatic nitrogens is 1. The molecule has 1 aromatic heterocycles. The largest absolute Gasteiger partial charge is 0.493 e. The number of hydrogen-bond acceptors (Lipinski definition) is 7. The highest BCUT2D eigenvalue weighted by Crippen LogP contribution is 2.39. The number of aryl methyl sites for hydroxylation is 1. The molecule has 0 fully saturated rings. The number of carbonyl (C=O) groups excluding carboxylic acids is 2. The number of nitrogens with one attached hydrogen (secondary N) is 1. The zero-order chi connectivity index (χ0) is 23.3. The molecule has 0 saturated heterocycles. The molecule has 1 heterocycles. The Labute approximate surface area is 186 Å². The second-order valence-electron chi connectivity index (χ2n) is 6.97. The number of anilines is 1. The zero-order valence-electron chi connectivity index (χ0n) is 18.8. The number of esters is 1. The summed E-state index contributed by atoms with van der Waals surface area (Å²) in [5.41, 5.74) is 3.12. The minimum atomic E-state index is -0.573. The van der Waals surface area contributed by atoms with Gasteiger partial charge in [-0.1, -0.05) is 25.1 Å². The Bertz CT molecular complexity index is 1130. The van der Waals surface area contributed by atoms with Gasteiger partial charge in [0.2, 0.25) is 5.75 Å². The summed E-state index contributed by atoms with van der Waals surface area (Å²) in [5, 5.41) is 3.37. The van der Waals surface area contributed by atoms with Crippen molar-refractivity contribution in [1.29, 1.82) is 0 Å². The van der Waals surface area contributed by atoms with E-state index in [1.54, 1.807) is 12.1 Å². The highest BCUT2D eigenvalue weighted by atomic mass is 16.5. The number of hydrogen-bond donors (Lipinski definition) is 1. The molecule has 1 N–H and O–H groups in total. The van der Waals surface area contributed by atoms with Crippen LogP contribution >= 0.6 is 0 Å². The molecule has 0 atom stereocenters. The van der Waals surface area contributed by atoms with Crippen LogP contribution in [0.4, 0.5) is 5.69 Å². The third-order valence-electron chi connectivity index (χ3n) is 5.06. The summed E-state index contributed by atoms with van der Waals surface area (Å²) in [5.74, 6) is 0.122. The van der Waals surface area contributed by atoms with Crippen LogP contribution in [0.1, 0.15) is 28.5 Å². The number of methoxy groups -OCH3 is 3. The Morgan fingerprint density at radius 3 is 2.25 bits per heavy atom. The van der Waals surface area contributed by atoms with Crippen molar-refractivity contribution >= 4 is 28.5 Å². The Morgan fingerprint density at radius 1 is 1.00 bits per heavy atom. The number of nitrogens with zero attached hydrogens (tertiary/aromatic N) is 1. The zero-order valence-corrected chi connectivity index (χ0v) is 18.8. The molecule has 8 heteroatoms. The topological polar surface area (TPSA) is 96.0 Å². The number of fused-ring (bicyclic) bond motifs is 1. The number of benzene rings is 2. The van der Waals surface area contributed by atoms with E-state index in [-0.39, 0.29) is 0 Å². The average molecular weight is 438 g/mol. The van der Waals surface area contributed by atoms with E-state index in [0.29, 0.717) is 45.8 Å². The molecule has 0 spiro atoms. The standard InChI is InChI=1S/C24H26N2O6/c1-6-17-14(2)22(16-9-7-8-10-18(16)26-17)24(28)32-13-21(27)25-15-11-19(29-3)23(31-5)20(12-15)30-4/h7-12H,6,13H2,1-5H3,(H,25,27). The highest BCUT2D eigenvalue weighted by molar-refractivity contribution is 6.06. The number of rotatable bonds is 8. The van der Waals surface area contributed by atoms with Crippen molar-refractivity contribution in [3.05, 3.63) is 53.2 Å². The SMILES string of the molecule is CCc1nc2ccccc2c(C(=O)OCC(=O)Nc2cc(OC)c(OC)c(OC)c2)c1C. The summed E-state index contributed by atoms with van der Waals surface area (Å²) >= 11 is 0. The molecule has 0 aliphatic carbocycles. The van der Waals surface area contributed by atoms with Gasteiger partial charge >= 0.3 is 5.97 Å². The van der Waals surface area contributed by atoms with Crippen molar-refractivity contribution in [2.75, 3.05) is 33.3 Å². The van der Waals surface area contributed by atoms with Crippen LogP contribution in [0.15, 0.2) is 36.4 Å². The van der Waals surface area contributed by atoms with Gasteiger partial charge in [0.25, 0.3) is 5.91 Å². The van der Waals surface area contributed by atoms with E-state index in [1.165, 1.54) is 21.3 Å². The molecule has 0 aliphatic heterocycles. The minimum absolute atomic E-state index is 0.394. The Hall–Kier alpha value is -3.81. The van der Waals surface area contributed by atoms with Crippen LogP contribution in [0, 0.1) is 6.92 Å². The van der Waals surface area contributed by atoms with Gasteiger partial charge in [0.05, 0.1) is 32.4 Å². The lowest BCUT2D eigenvalue weighted by Gasteiger charge is -2.15. The third kappa shape index (κ3) is 4.59. The first-order valence-electron chi connectivity index (χ1n) is 10.1. The van der Waals surface area contributed by atoms with Gasteiger partial charge < -0.3 is 24.3 Å². The lowest BCUT2D eigenvalue weighted by atomic mass is 10.0. The van der Waals surface area contributed by atoms with E-state index in [9.17, 15) is 9.59 Å². The van der Waals surface area contributed by atoms with Crippen LogP contribution in [0.25, 0.3) is 10.9 Å². The predicted octanol–water partition coefficient (Wildman–Crippen LogP) is 3.93. The smallest absolute Gasteiger partial charge is 0.339 e. The molecule has 1 amide bonds. The van der Waals surface area contributed by atoms with Gasteiger partial charge in [-0.15, -0.1) is 0 Å². The first-order valence-corrected chi connectivity index (χ1v) is 10.1. The van der Waals surface area contributed by atoms with Crippen LogP contribution in [-0.2, 0) is 16.0 Å². The third-order valence-corrected chi connectivity index (χ3v) is 5.06. The maximum absolute atomic E-state index is 12.9. The normalized spacial score (nSPS) is 10.5. The fourth-order valence-corrected chi connectivity index (χ4v) is 3.52. The molecular weight excluding hydrogens is 412 g/mol. The van der Waals surface area contributed by atoms with E-state index < -0.39 is 18.5 Å². The molecule has 3 rings (SSSR count). The van der Waals surface area contributed by atoms with Crippen LogP contribution in [-0.4, -0.2) is 44.8 Å². The van der Waals surface area contributed by atoms with E-state index in [2.05, 4.69) is 10.3 Å². The van der Waals surface area contributed by atoms with Crippen molar-refractivity contribution in [3.63, 3.8) is 0 Å². The number of para-hydroxylation sites is 1. The quantitative estimate of drug-likeness (QED) is 0.533. The second kappa shape index (κ2) is 10.00. The lowest BCUT2D eigenvalue weighted by molar-refractivity contribution is -0.119. The molecule has 0 unspecified atom stereocenters. The van der Waals surface area contributed by atoms with Gasteiger partial charge in [-0.05, 0) is 25.0 Å². The minimum Gasteiger partial charge on any atom is -0.493 e. The highest BCUT2D eigenvalue weighted by Gasteiger charge is 2.20. The summed E-state index contributed by atoms with van der Waals surface area (Å²) in [6.45, 7) is 3.36. The van der Waals surface area contributed by atoms with Crippen molar-refractivity contribution < 1.29 is 28.5 Å². The van der Waals surface area contributed by atoms with Gasteiger partial charge in [-0.25, -0.2) is 4.79 Å². The molecule has 0 radical (unpaired) electrons. The summed E-state index contributed by atoms with van der Waals surface area (Å²) < 4.78 is 21.2. The molecule has 0 aliphatic rings. The molecule has 168 valence electrons. The number of pyridine rings is 1. The molecule has 32 heavy (non-hydrogen) atoms. The summed E-state index contributed by atoms with van der Waals surface area (Å²) in [7, 11) is 4.46. The van der Waals surface area contributed by atoms with Gasteiger partial charge in [0, 0.05) is 28.9 Å². The fraction of sp³-hybridized carbons (Fsp3) is 0.292. The van der Waals surface area contributed by atoms with Crippen molar-refractivity contribution in [1.82, 2.24) is 4.98 Å². The summed E-state index contributed by atoms with van der Waals surface area (Å²) in [4.78, 5) is 30.0.